The van der Waals surface area contributed by atoms with Crippen LogP contribution in [-0.2, 0) is 10.0 Å². The zero-order valence-corrected chi connectivity index (χ0v) is 14.2. The molecule has 0 radical (unpaired) electrons. The first kappa shape index (κ1) is 16.6. The van der Waals surface area contributed by atoms with Crippen LogP contribution >= 0.6 is 11.8 Å². The fraction of sp³-hybridized carbons (Fsp3) is 0.600. The molecule has 0 bridgehead atoms. The van der Waals surface area contributed by atoms with Crippen molar-refractivity contribution in [2.75, 3.05) is 17.2 Å². The van der Waals surface area contributed by atoms with Gasteiger partial charge >= 0.3 is 0 Å². The average Bonchev–Trinajstić information content (AvgIpc) is 2.72. The third-order valence-corrected chi connectivity index (χ3v) is 7.08. The van der Waals surface area contributed by atoms with Crippen LogP contribution in [0.25, 0.3) is 0 Å². The van der Waals surface area contributed by atoms with Crippen LogP contribution in [0.4, 0.5) is 5.69 Å². The molecule has 1 saturated carbocycles. The van der Waals surface area contributed by atoms with Crippen LogP contribution in [0, 0.1) is 11.8 Å². The maximum Gasteiger partial charge on any atom is 0.212 e. The monoisotopic (exact) mass is 328 g/mol. The molecular weight excluding hydrogens is 304 g/mol. The van der Waals surface area contributed by atoms with Gasteiger partial charge in [0, 0.05) is 22.4 Å². The molecule has 1 aliphatic carbocycles. The maximum absolute atomic E-state index is 12.2. The molecule has 1 aliphatic rings. The highest BCUT2D eigenvalue weighted by atomic mass is 32.2. The summed E-state index contributed by atoms with van der Waals surface area (Å²) >= 11 is 1.49. The fourth-order valence-corrected chi connectivity index (χ4v) is 5.45. The van der Waals surface area contributed by atoms with Crippen LogP contribution < -0.4 is 10.5 Å². The number of benzene rings is 1. The number of hydrogen-bond donors (Lipinski definition) is 2. The third kappa shape index (κ3) is 4.63. The van der Waals surface area contributed by atoms with E-state index in [9.17, 15) is 8.42 Å². The molecule has 1 fully saturated rings. The Morgan fingerprint density at radius 1 is 1.29 bits per heavy atom. The van der Waals surface area contributed by atoms with Crippen LogP contribution in [-0.4, -0.2) is 26.0 Å². The van der Waals surface area contributed by atoms with E-state index in [1.807, 2.05) is 24.3 Å². The molecule has 0 aromatic heterocycles. The van der Waals surface area contributed by atoms with Gasteiger partial charge in [0.15, 0.2) is 0 Å². The Labute approximate surface area is 131 Å². The van der Waals surface area contributed by atoms with Crippen LogP contribution in [0.3, 0.4) is 0 Å². The van der Waals surface area contributed by atoms with E-state index in [0.717, 1.165) is 17.7 Å². The quantitative estimate of drug-likeness (QED) is 0.622. The van der Waals surface area contributed by atoms with Crippen LogP contribution in [0.15, 0.2) is 29.2 Å². The van der Waals surface area contributed by atoms with Gasteiger partial charge in [0.05, 0.1) is 5.75 Å². The Bertz CT molecular complexity index is 575. The van der Waals surface area contributed by atoms with Gasteiger partial charge in [0.1, 0.15) is 0 Å². The van der Waals surface area contributed by atoms with E-state index in [4.69, 9.17) is 5.73 Å². The second kappa shape index (κ2) is 7.03. The summed E-state index contributed by atoms with van der Waals surface area (Å²) in [5.74, 6) is 1.65. The van der Waals surface area contributed by atoms with Crippen LogP contribution in [0.1, 0.15) is 26.7 Å². The van der Waals surface area contributed by atoms with Gasteiger partial charge in [0.25, 0.3) is 0 Å². The number of hydrogen-bond acceptors (Lipinski definition) is 4. The maximum atomic E-state index is 12.2. The van der Waals surface area contributed by atoms with Crippen molar-refractivity contribution in [2.24, 2.45) is 11.8 Å². The number of nitrogens with one attached hydrogen (secondary N) is 1. The van der Waals surface area contributed by atoms with E-state index in [1.165, 1.54) is 11.8 Å². The lowest BCUT2D eigenvalue weighted by molar-refractivity contribution is 0.402. The van der Waals surface area contributed by atoms with Gasteiger partial charge in [-0.25, -0.2) is 13.1 Å². The van der Waals surface area contributed by atoms with Crippen LogP contribution in [0.5, 0.6) is 0 Å². The minimum Gasteiger partial charge on any atom is -0.398 e. The van der Waals surface area contributed by atoms with E-state index < -0.39 is 10.0 Å². The first-order chi connectivity index (χ1) is 9.89. The number of anilines is 1. The van der Waals surface area contributed by atoms with Crippen LogP contribution in [0.2, 0.25) is 0 Å². The van der Waals surface area contributed by atoms with Crippen molar-refractivity contribution in [1.82, 2.24) is 4.72 Å². The summed E-state index contributed by atoms with van der Waals surface area (Å²) in [7, 11) is -3.22. The van der Waals surface area contributed by atoms with Crippen molar-refractivity contribution in [2.45, 2.75) is 37.6 Å². The smallest absolute Gasteiger partial charge is 0.212 e. The fourth-order valence-electron chi connectivity index (χ4n) is 2.69. The molecule has 6 heteroatoms. The molecule has 1 aromatic carbocycles. The summed E-state index contributed by atoms with van der Waals surface area (Å²) in [6, 6.07) is 7.63. The zero-order valence-electron chi connectivity index (χ0n) is 12.6. The molecule has 0 heterocycles. The number of para-hydroxylation sites is 1. The first-order valence-electron chi connectivity index (χ1n) is 7.36. The second-order valence-electron chi connectivity index (χ2n) is 5.84. The largest absolute Gasteiger partial charge is 0.398 e. The standard InChI is InChI=1S/C15H24N2O2S2/c1-11-7-8-14(12(11)2)17-21(18,19)10-9-20-15-6-4-3-5-13(15)16/h3-6,11-12,14,17H,7-10,16H2,1-2H3. The summed E-state index contributed by atoms with van der Waals surface area (Å²) in [5, 5.41) is 0. The normalized spacial score (nSPS) is 26.1. The van der Waals surface area contributed by atoms with Gasteiger partial charge in [-0.15, -0.1) is 11.8 Å². The lowest BCUT2D eigenvalue weighted by Crippen LogP contribution is -2.39. The molecule has 3 atom stereocenters. The van der Waals surface area contributed by atoms with Gasteiger partial charge in [-0.1, -0.05) is 26.0 Å². The molecular formula is C15H24N2O2S2. The number of thioether (sulfide) groups is 1. The van der Waals surface area contributed by atoms with Crippen molar-refractivity contribution < 1.29 is 8.42 Å². The lowest BCUT2D eigenvalue weighted by atomic mass is 9.98. The SMILES string of the molecule is CC1CCC(NS(=O)(=O)CCSc2ccccc2N)C1C. The molecule has 118 valence electrons. The van der Waals surface area contributed by atoms with E-state index in [-0.39, 0.29) is 11.8 Å². The predicted octanol–water partition coefficient (Wildman–Crippen LogP) is 2.71. The highest BCUT2D eigenvalue weighted by Crippen LogP contribution is 2.31. The molecule has 21 heavy (non-hydrogen) atoms. The number of rotatable bonds is 6. The molecule has 0 amide bonds. The van der Waals surface area contributed by atoms with Gasteiger partial charge in [0.2, 0.25) is 10.0 Å². The first-order valence-corrected chi connectivity index (χ1v) is 10.00. The Morgan fingerprint density at radius 2 is 2.00 bits per heavy atom. The van der Waals surface area contributed by atoms with E-state index in [1.54, 1.807) is 0 Å². The van der Waals surface area contributed by atoms with Gasteiger partial charge in [-0.2, -0.15) is 0 Å². The van der Waals surface area contributed by atoms with Crippen molar-refractivity contribution in [3.8, 4) is 0 Å². The highest BCUT2D eigenvalue weighted by Gasteiger charge is 2.32. The summed E-state index contributed by atoms with van der Waals surface area (Å²) in [4.78, 5) is 0.940. The molecule has 1 aromatic rings. The molecule has 0 spiro atoms. The van der Waals surface area contributed by atoms with Gasteiger partial charge in [-0.3, -0.25) is 0 Å². The van der Waals surface area contributed by atoms with Crippen molar-refractivity contribution in [3.63, 3.8) is 0 Å². The Balaban J connectivity index is 1.83. The van der Waals surface area contributed by atoms with Gasteiger partial charge < -0.3 is 5.73 Å². The summed E-state index contributed by atoms with van der Waals surface area (Å²) in [5.41, 5.74) is 6.55. The zero-order chi connectivity index (χ0) is 15.5. The average molecular weight is 329 g/mol. The second-order valence-corrected chi connectivity index (χ2v) is 8.85. The van der Waals surface area contributed by atoms with Crippen molar-refractivity contribution >= 4 is 27.5 Å². The highest BCUT2D eigenvalue weighted by molar-refractivity contribution is 8.00. The minimum atomic E-state index is -3.22. The predicted molar refractivity (Wildman–Crippen MR) is 89.9 cm³/mol. The van der Waals surface area contributed by atoms with Gasteiger partial charge in [-0.05, 0) is 36.8 Å². The summed E-state index contributed by atoms with van der Waals surface area (Å²) in [6.45, 7) is 4.32. The Hall–Kier alpha value is -0.720. The van der Waals surface area contributed by atoms with Crippen molar-refractivity contribution in [1.29, 1.82) is 0 Å². The summed E-state index contributed by atoms with van der Waals surface area (Å²) in [6.07, 6.45) is 2.05. The topological polar surface area (TPSA) is 72.2 Å². The molecule has 4 nitrogen and oxygen atoms in total. The lowest BCUT2D eigenvalue weighted by Gasteiger charge is -2.19. The van der Waals surface area contributed by atoms with E-state index in [2.05, 4.69) is 18.6 Å². The Morgan fingerprint density at radius 3 is 2.62 bits per heavy atom. The number of sulfonamides is 1. The third-order valence-electron chi connectivity index (χ3n) is 4.32. The summed E-state index contributed by atoms with van der Waals surface area (Å²) < 4.78 is 27.2. The molecule has 3 unspecified atom stereocenters. The van der Waals surface area contributed by atoms with E-state index in [0.29, 0.717) is 23.3 Å². The number of nitrogen functional groups attached to an aromatic ring is 1. The Kier molecular flexibility index (Phi) is 5.57. The molecule has 0 saturated heterocycles. The molecule has 2 rings (SSSR count). The molecule has 0 aliphatic heterocycles. The van der Waals surface area contributed by atoms with Crippen molar-refractivity contribution in [3.05, 3.63) is 24.3 Å². The minimum absolute atomic E-state index is 0.0943. The molecule has 3 N–H and O–H groups in total. The number of nitrogens with two attached hydrogens (primary N) is 1. The van der Waals surface area contributed by atoms with E-state index >= 15 is 0 Å².